The van der Waals surface area contributed by atoms with E-state index in [1.807, 2.05) is 38.1 Å². The molecule has 0 radical (unpaired) electrons. The van der Waals surface area contributed by atoms with Gasteiger partial charge in [0.05, 0.1) is 17.3 Å². The van der Waals surface area contributed by atoms with Crippen LogP contribution in [0.3, 0.4) is 0 Å². The van der Waals surface area contributed by atoms with Crippen LogP contribution in [0.15, 0.2) is 48.5 Å². The highest BCUT2D eigenvalue weighted by atomic mass is 35.5. The Kier molecular flexibility index (Phi) is 6.65. The van der Waals surface area contributed by atoms with Crippen molar-refractivity contribution in [2.45, 2.75) is 26.5 Å². The second-order valence-corrected chi connectivity index (χ2v) is 8.06. The second kappa shape index (κ2) is 9.60. The molecule has 0 bridgehead atoms. The number of rotatable bonds is 6. The van der Waals surface area contributed by atoms with Crippen molar-refractivity contribution in [1.82, 2.24) is 19.7 Å². The van der Waals surface area contributed by atoms with Gasteiger partial charge in [0.1, 0.15) is 12.7 Å². The van der Waals surface area contributed by atoms with Crippen LogP contribution in [0.25, 0.3) is 5.82 Å². The maximum Gasteiger partial charge on any atom is 0.358 e. The maximum absolute atomic E-state index is 12.7. The fourth-order valence-electron chi connectivity index (χ4n) is 3.66. The van der Waals surface area contributed by atoms with E-state index in [0.717, 1.165) is 24.5 Å². The van der Waals surface area contributed by atoms with Gasteiger partial charge in [0.25, 0.3) is 0 Å². The third-order valence-electron chi connectivity index (χ3n) is 5.12. The van der Waals surface area contributed by atoms with Gasteiger partial charge in [-0.1, -0.05) is 41.9 Å². The lowest BCUT2D eigenvalue weighted by molar-refractivity contribution is -0.0613. The average Bonchev–Trinajstić information content (AvgIpc) is 3.11. The Bertz CT molecular complexity index is 1050. The molecule has 1 aliphatic heterocycles. The summed E-state index contributed by atoms with van der Waals surface area (Å²) in [6, 6.07) is 15.6. The molecule has 3 heterocycles. The van der Waals surface area contributed by atoms with Crippen molar-refractivity contribution in [3.63, 3.8) is 0 Å². The number of nitrogens with zero attached hydrogens (tertiary/aromatic N) is 4. The van der Waals surface area contributed by atoms with E-state index >= 15 is 0 Å². The Balaban J connectivity index is 1.38. The minimum atomic E-state index is -0.572. The Morgan fingerprint density at radius 2 is 2.03 bits per heavy atom. The molecule has 1 fully saturated rings. The van der Waals surface area contributed by atoms with Crippen molar-refractivity contribution in [3.8, 4) is 5.82 Å². The van der Waals surface area contributed by atoms with Crippen LogP contribution in [0.1, 0.15) is 27.4 Å². The van der Waals surface area contributed by atoms with E-state index in [9.17, 15) is 4.79 Å². The zero-order chi connectivity index (χ0) is 21.8. The van der Waals surface area contributed by atoms with E-state index in [-0.39, 0.29) is 23.4 Å². The number of pyridine rings is 1. The Morgan fingerprint density at radius 1 is 1.23 bits per heavy atom. The smallest absolute Gasteiger partial charge is 0.358 e. The van der Waals surface area contributed by atoms with E-state index in [4.69, 9.17) is 21.1 Å². The molecule has 0 spiro atoms. The van der Waals surface area contributed by atoms with Gasteiger partial charge in [0, 0.05) is 25.3 Å². The first-order valence-corrected chi connectivity index (χ1v) is 10.6. The lowest BCUT2D eigenvalue weighted by atomic mass is 10.2. The number of aromatic nitrogens is 3. The number of benzene rings is 1. The third kappa shape index (κ3) is 5.31. The summed E-state index contributed by atoms with van der Waals surface area (Å²) in [7, 11) is 0. The Labute approximate surface area is 186 Å². The molecule has 1 unspecified atom stereocenters. The molecule has 8 heteroatoms. The number of esters is 1. The van der Waals surface area contributed by atoms with Gasteiger partial charge in [-0.3, -0.25) is 4.90 Å². The minimum absolute atomic E-state index is 0.0728. The normalized spacial score (nSPS) is 16.9. The summed E-state index contributed by atoms with van der Waals surface area (Å²) in [5.74, 6) is -0.0536. The molecule has 0 amide bonds. The number of ether oxygens (including phenoxy) is 2. The fourth-order valence-corrected chi connectivity index (χ4v) is 3.84. The van der Waals surface area contributed by atoms with Crippen molar-refractivity contribution in [3.05, 3.63) is 76.2 Å². The molecule has 162 valence electrons. The lowest BCUT2D eigenvalue weighted by Gasteiger charge is -2.32. The van der Waals surface area contributed by atoms with Gasteiger partial charge in [0.2, 0.25) is 0 Å². The van der Waals surface area contributed by atoms with E-state index in [0.29, 0.717) is 19.0 Å². The summed E-state index contributed by atoms with van der Waals surface area (Å²) >= 11 is 6.23. The molecule has 0 aliphatic carbocycles. The highest BCUT2D eigenvalue weighted by Gasteiger charge is 2.24. The topological polar surface area (TPSA) is 69.5 Å². The van der Waals surface area contributed by atoms with Gasteiger partial charge in [-0.25, -0.2) is 14.5 Å². The quantitative estimate of drug-likeness (QED) is 0.545. The van der Waals surface area contributed by atoms with Crippen LogP contribution < -0.4 is 0 Å². The number of morpholine rings is 1. The van der Waals surface area contributed by atoms with Crippen LogP contribution in [0.4, 0.5) is 0 Å². The molecule has 1 atom stereocenters. The summed E-state index contributed by atoms with van der Waals surface area (Å²) < 4.78 is 13.0. The third-order valence-corrected chi connectivity index (χ3v) is 5.43. The molecule has 2 aromatic heterocycles. The molecule has 3 aromatic rings. The summed E-state index contributed by atoms with van der Waals surface area (Å²) in [6.45, 7) is 6.95. The predicted octanol–water partition coefficient (Wildman–Crippen LogP) is 3.60. The standard InChI is InChI=1S/C23H25ClN4O3/c1-16-12-17(2)28(26-16)21-9-8-20(24)22(25-21)23(29)31-15-19-14-27(10-11-30-19)13-18-6-4-3-5-7-18/h3-9,12,19H,10-11,13-15H2,1-2H3. The zero-order valence-corrected chi connectivity index (χ0v) is 18.4. The summed E-state index contributed by atoms with van der Waals surface area (Å²) in [4.78, 5) is 19.4. The molecule has 4 rings (SSSR count). The monoisotopic (exact) mass is 440 g/mol. The van der Waals surface area contributed by atoms with Crippen LogP contribution in [-0.4, -0.2) is 58.0 Å². The van der Waals surface area contributed by atoms with Crippen molar-refractivity contribution in [1.29, 1.82) is 0 Å². The molecule has 0 N–H and O–H groups in total. The number of carbonyl (C=O) groups is 1. The average molecular weight is 441 g/mol. The van der Waals surface area contributed by atoms with Crippen molar-refractivity contribution in [2.24, 2.45) is 0 Å². The van der Waals surface area contributed by atoms with Crippen molar-refractivity contribution < 1.29 is 14.3 Å². The van der Waals surface area contributed by atoms with Crippen LogP contribution in [-0.2, 0) is 16.0 Å². The van der Waals surface area contributed by atoms with Crippen LogP contribution in [0.5, 0.6) is 0 Å². The SMILES string of the molecule is Cc1cc(C)n(-c2ccc(Cl)c(C(=O)OCC3CN(Cc4ccccc4)CCO3)n2)n1. The number of hydrogen-bond donors (Lipinski definition) is 0. The predicted molar refractivity (Wildman–Crippen MR) is 118 cm³/mol. The number of carbonyl (C=O) groups excluding carboxylic acids is 1. The van der Waals surface area contributed by atoms with Gasteiger partial charge in [-0.05, 0) is 37.6 Å². The first kappa shape index (κ1) is 21.5. The minimum Gasteiger partial charge on any atom is -0.458 e. The van der Waals surface area contributed by atoms with E-state index in [1.54, 1.807) is 16.8 Å². The summed E-state index contributed by atoms with van der Waals surface area (Å²) in [5.41, 5.74) is 3.11. The van der Waals surface area contributed by atoms with Crippen LogP contribution >= 0.6 is 11.6 Å². The summed E-state index contributed by atoms with van der Waals surface area (Å²) in [5, 5.41) is 4.65. The molecule has 0 saturated carbocycles. The first-order chi connectivity index (χ1) is 15.0. The van der Waals surface area contributed by atoms with Crippen LogP contribution in [0, 0.1) is 13.8 Å². The lowest BCUT2D eigenvalue weighted by Crippen LogP contribution is -2.44. The Hall–Kier alpha value is -2.74. The van der Waals surface area contributed by atoms with E-state index < -0.39 is 5.97 Å². The van der Waals surface area contributed by atoms with E-state index in [1.165, 1.54) is 5.56 Å². The number of hydrogen-bond acceptors (Lipinski definition) is 6. The second-order valence-electron chi connectivity index (χ2n) is 7.65. The molecule has 7 nitrogen and oxygen atoms in total. The fraction of sp³-hybridized carbons (Fsp3) is 0.348. The van der Waals surface area contributed by atoms with Gasteiger partial charge >= 0.3 is 5.97 Å². The highest BCUT2D eigenvalue weighted by molar-refractivity contribution is 6.33. The molecular weight excluding hydrogens is 416 g/mol. The number of aryl methyl sites for hydroxylation is 2. The molecule has 1 saturated heterocycles. The Morgan fingerprint density at radius 3 is 2.77 bits per heavy atom. The van der Waals surface area contributed by atoms with Crippen LogP contribution in [0.2, 0.25) is 5.02 Å². The van der Waals surface area contributed by atoms with Crippen molar-refractivity contribution >= 4 is 17.6 Å². The van der Waals surface area contributed by atoms with Gasteiger partial charge in [-0.15, -0.1) is 0 Å². The van der Waals surface area contributed by atoms with Gasteiger partial charge in [-0.2, -0.15) is 5.10 Å². The molecule has 1 aromatic carbocycles. The van der Waals surface area contributed by atoms with Crippen molar-refractivity contribution in [2.75, 3.05) is 26.3 Å². The van der Waals surface area contributed by atoms with Gasteiger partial charge in [0.15, 0.2) is 11.5 Å². The van der Waals surface area contributed by atoms with Gasteiger partial charge < -0.3 is 9.47 Å². The molecular formula is C23H25ClN4O3. The first-order valence-electron chi connectivity index (χ1n) is 10.2. The highest BCUT2D eigenvalue weighted by Crippen LogP contribution is 2.19. The maximum atomic E-state index is 12.7. The molecule has 31 heavy (non-hydrogen) atoms. The molecule has 1 aliphatic rings. The summed E-state index contributed by atoms with van der Waals surface area (Å²) in [6.07, 6.45) is -0.195. The largest absolute Gasteiger partial charge is 0.458 e. The van der Waals surface area contributed by atoms with E-state index in [2.05, 4.69) is 27.1 Å². The zero-order valence-electron chi connectivity index (χ0n) is 17.6. The number of halogens is 1.